The van der Waals surface area contributed by atoms with Gasteiger partial charge in [-0.05, 0) is 12.1 Å². The van der Waals surface area contributed by atoms with Crippen LogP contribution in [-0.2, 0) is 16.3 Å². The Balaban J connectivity index is 0.000000606. The number of hydrogen-bond acceptors (Lipinski definition) is 1. The third kappa shape index (κ3) is 3.73. The number of ether oxygens (including phenoxy) is 1. The van der Waals surface area contributed by atoms with Crippen LogP contribution in [0.5, 0.6) is 5.75 Å². The maximum atomic E-state index is 5.17. The molecule has 0 saturated carbocycles. The number of halogens is 1. The summed E-state index contributed by atoms with van der Waals surface area (Å²) in [5, 5.41) is 0. The molecule has 2 aromatic carbocycles. The summed E-state index contributed by atoms with van der Waals surface area (Å²) in [6.45, 7) is 0. The molecule has 78 valence electrons. The van der Waals surface area contributed by atoms with Crippen molar-refractivity contribution in [3.63, 3.8) is 0 Å². The van der Waals surface area contributed by atoms with Gasteiger partial charge in [-0.1, -0.05) is 17.7 Å². The fourth-order valence-electron chi connectivity index (χ4n) is 1.38. The van der Waals surface area contributed by atoms with Gasteiger partial charge < -0.3 is 4.74 Å². The normalized spacial score (nSPS) is 9.00. The molecule has 0 spiro atoms. The fourth-order valence-corrected chi connectivity index (χ4v) is 1.38. The predicted octanol–water partition coefficient (Wildman–Crippen LogP) is 4.01. The molecule has 0 unspecified atom stereocenters. The molecule has 0 amide bonds. The molecule has 0 saturated heterocycles. The SMILES string of the molecule is COc1cccc(-c2c[c-]ccc2)c1.[Zn+][Br]. The number of methoxy groups -OCH3 is 1. The first-order chi connectivity index (χ1) is 7.90. The van der Waals surface area contributed by atoms with E-state index in [9.17, 15) is 0 Å². The Hall–Kier alpha value is -0.657. The van der Waals surface area contributed by atoms with E-state index in [1.807, 2.05) is 36.4 Å². The Labute approximate surface area is 113 Å². The second-order valence-corrected chi connectivity index (χ2v) is 3.02. The molecule has 0 heterocycles. The van der Waals surface area contributed by atoms with Crippen LogP contribution in [0.4, 0.5) is 0 Å². The van der Waals surface area contributed by atoms with E-state index in [2.05, 4.69) is 31.8 Å². The van der Waals surface area contributed by atoms with Crippen molar-refractivity contribution < 1.29 is 21.1 Å². The Morgan fingerprint density at radius 2 is 1.88 bits per heavy atom. The van der Waals surface area contributed by atoms with Gasteiger partial charge in [0.1, 0.15) is 5.75 Å². The van der Waals surface area contributed by atoms with Crippen molar-refractivity contribution in [3.05, 3.63) is 54.6 Å². The minimum absolute atomic E-state index is 0.881. The van der Waals surface area contributed by atoms with Gasteiger partial charge in [-0.2, -0.15) is 30.3 Å². The van der Waals surface area contributed by atoms with Crippen molar-refractivity contribution in [2.45, 2.75) is 0 Å². The van der Waals surface area contributed by atoms with E-state index in [4.69, 9.17) is 4.74 Å². The van der Waals surface area contributed by atoms with Crippen LogP contribution in [0.2, 0.25) is 0 Å². The summed E-state index contributed by atoms with van der Waals surface area (Å²) in [7, 11) is 1.68. The van der Waals surface area contributed by atoms with Crippen LogP contribution in [0.25, 0.3) is 11.1 Å². The van der Waals surface area contributed by atoms with Crippen molar-refractivity contribution >= 4 is 13.6 Å². The molecule has 2 rings (SSSR count). The van der Waals surface area contributed by atoms with Gasteiger partial charge >= 0.3 is 30.0 Å². The van der Waals surface area contributed by atoms with Crippen molar-refractivity contribution in [2.75, 3.05) is 7.11 Å². The first kappa shape index (κ1) is 13.4. The van der Waals surface area contributed by atoms with Crippen LogP contribution < -0.4 is 4.74 Å². The van der Waals surface area contributed by atoms with Gasteiger partial charge in [0.2, 0.25) is 0 Å². The fraction of sp³-hybridized carbons (Fsp3) is 0.0769. The first-order valence-electron chi connectivity index (χ1n) is 4.77. The zero-order valence-corrected chi connectivity index (χ0v) is 13.7. The predicted molar refractivity (Wildman–Crippen MR) is 66.2 cm³/mol. The summed E-state index contributed by atoms with van der Waals surface area (Å²) < 4.78 is 5.17. The van der Waals surface area contributed by atoms with E-state index < -0.39 is 0 Å². The third-order valence-corrected chi connectivity index (χ3v) is 2.11. The maximum absolute atomic E-state index is 5.17. The Kier molecular flexibility index (Phi) is 6.36. The average molecular weight is 329 g/mol. The molecule has 0 atom stereocenters. The van der Waals surface area contributed by atoms with E-state index in [1.165, 1.54) is 16.3 Å². The van der Waals surface area contributed by atoms with Crippen LogP contribution in [0.3, 0.4) is 0 Å². The van der Waals surface area contributed by atoms with Gasteiger partial charge in [0.15, 0.2) is 0 Å². The van der Waals surface area contributed by atoms with Crippen LogP contribution in [0.15, 0.2) is 48.5 Å². The molecule has 0 N–H and O–H groups in total. The second kappa shape index (κ2) is 7.59. The molecule has 0 fully saturated rings. The van der Waals surface area contributed by atoms with E-state index in [0.717, 1.165) is 16.9 Å². The third-order valence-electron chi connectivity index (χ3n) is 2.11. The van der Waals surface area contributed by atoms with Gasteiger partial charge in [0.05, 0.1) is 7.11 Å². The summed E-state index contributed by atoms with van der Waals surface area (Å²) in [6.07, 6.45) is 0. The molecule has 0 aliphatic heterocycles. The molecule has 0 radical (unpaired) electrons. The minimum atomic E-state index is 0.881. The molecule has 0 aliphatic rings. The van der Waals surface area contributed by atoms with E-state index >= 15 is 0 Å². The Morgan fingerprint density at radius 1 is 1.12 bits per heavy atom. The number of rotatable bonds is 2. The van der Waals surface area contributed by atoms with E-state index in [0.29, 0.717) is 0 Å². The zero-order valence-electron chi connectivity index (χ0n) is 9.11. The molecule has 0 bridgehead atoms. The quantitative estimate of drug-likeness (QED) is 0.598. The van der Waals surface area contributed by atoms with E-state index in [1.54, 1.807) is 7.11 Å². The van der Waals surface area contributed by atoms with Crippen molar-refractivity contribution in [2.24, 2.45) is 0 Å². The van der Waals surface area contributed by atoms with Gasteiger partial charge in [0, 0.05) is 0 Å². The average Bonchev–Trinajstić information content (AvgIpc) is 2.42. The van der Waals surface area contributed by atoms with E-state index in [-0.39, 0.29) is 0 Å². The van der Waals surface area contributed by atoms with Crippen molar-refractivity contribution in [1.29, 1.82) is 0 Å². The second-order valence-electron chi connectivity index (χ2n) is 3.02. The van der Waals surface area contributed by atoms with Crippen molar-refractivity contribution in [3.8, 4) is 16.9 Å². The van der Waals surface area contributed by atoms with Crippen LogP contribution in [0.1, 0.15) is 0 Å². The van der Waals surface area contributed by atoms with Crippen LogP contribution in [0, 0.1) is 6.07 Å². The number of benzene rings is 2. The van der Waals surface area contributed by atoms with Gasteiger partial charge in [-0.3, -0.25) is 0 Å². The molecule has 0 aliphatic carbocycles. The molecule has 16 heavy (non-hydrogen) atoms. The molecular formula is C13H11BrOZn. The van der Waals surface area contributed by atoms with Crippen molar-refractivity contribution in [1.82, 2.24) is 0 Å². The summed E-state index contributed by atoms with van der Waals surface area (Å²) in [5.74, 6) is 0.881. The van der Waals surface area contributed by atoms with Gasteiger partial charge in [0.25, 0.3) is 0 Å². The topological polar surface area (TPSA) is 9.23 Å². The number of hydrogen-bond donors (Lipinski definition) is 0. The van der Waals surface area contributed by atoms with Gasteiger partial charge in [-0.15, -0.1) is 5.56 Å². The van der Waals surface area contributed by atoms with Gasteiger partial charge in [-0.25, -0.2) is 0 Å². The Morgan fingerprint density at radius 3 is 2.50 bits per heavy atom. The van der Waals surface area contributed by atoms with Crippen LogP contribution >= 0.6 is 13.6 Å². The molecule has 1 nitrogen and oxygen atoms in total. The summed E-state index contributed by atoms with van der Waals surface area (Å²) in [6, 6.07) is 19.0. The summed E-state index contributed by atoms with van der Waals surface area (Å²) in [4.78, 5) is 0. The first-order valence-corrected chi connectivity index (χ1v) is 11.7. The molecule has 3 heteroatoms. The Bertz CT molecular complexity index is 417. The zero-order chi connectivity index (χ0) is 11.8. The molecule has 0 aromatic heterocycles. The summed E-state index contributed by atoms with van der Waals surface area (Å²) in [5.41, 5.74) is 2.31. The standard InChI is InChI=1S/C13H11O.BrH.Zn/c1-14-13-9-5-8-12(10-13)11-6-3-2-4-7-11;;/h2-3,5-10H,1H3;1H;/q-1;;+2/p-1. The van der Waals surface area contributed by atoms with Crippen LogP contribution in [-0.4, -0.2) is 7.11 Å². The summed E-state index contributed by atoms with van der Waals surface area (Å²) >= 11 is 4.25. The monoisotopic (exact) mass is 326 g/mol. The molecular weight excluding hydrogens is 317 g/mol. The molecule has 2 aromatic rings.